The minimum Gasteiger partial charge on any atom is -0.508 e. The zero-order valence-corrected chi connectivity index (χ0v) is 21.6. The van der Waals surface area contributed by atoms with Gasteiger partial charge in [-0.15, -0.1) is 0 Å². The second-order valence-corrected chi connectivity index (χ2v) is 9.04. The number of hydrogen-bond donors (Lipinski definition) is 2. The molecule has 0 aliphatic carbocycles. The molecule has 6 nitrogen and oxygen atoms in total. The van der Waals surface area contributed by atoms with Crippen molar-refractivity contribution in [2.45, 2.75) is 26.7 Å². The number of anilines is 2. The Kier molecular flexibility index (Phi) is 8.18. The van der Waals surface area contributed by atoms with Gasteiger partial charge in [0, 0.05) is 36.4 Å². The van der Waals surface area contributed by atoms with E-state index in [-0.39, 0.29) is 22.9 Å². The van der Waals surface area contributed by atoms with E-state index in [1.807, 2.05) is 36.4 Å². The zero-order chi connectivity index (χ0) is 25.7. The Morgan fingerprint density at radius 3 is 2.25 bits per heavy atom. The van der Waals surface area contributed by atoms with Crippen molar-refractivity contribution in [2.75, 3.05) is 23.3 Å². The van der Waals surface area contributed by atoms with Gasteiger partial charge in [-0.3, -0.25) is 4.79 Å². The molecule has 0 fully saturated rings. The maximum atomic E-state index is 13.6. The fourth-order valence-corrected chi connectivity index (χ4v) is 4.71. The smallest absolute Gasteiger partial charge is 0.261 e. The summed E-state index contributed by atoms with van der Waals surface area (Å²) >= 11 is 12.9. The second-order valence-electron chi connectivity index (χ2n) is 8.23. The van der Waals surface area contributed by atoms with Gasteiger partial charge in [0.05, 0.1) is 10.0 Å². The molecule has 2 N–H and O–H groups in total. The van der Waals surface area contributed by atoms with Gasteiger partial charge in [0.2, 0.25) is 0 Å². The molecule has 1 aromatic heterocycles. The van der Waals surface area contributed by atoms with E-state index >= 15 is 0 Å². The number of carbonyl (C=O) groups is 1. The first kappa shape index (κ1) is 25.6. The summed E-state index contributed by atoms with van der Waals surface area (Å²) in [5.74, 6) is 0.178. The summed E-state index contributed by atoms with van der Waals surface area (Å²) in [5.41, 5.74) is 3.42. The first-order valence-corrected chi connectivity index (χ1v) is 12.5. The van der Waals surface area contributed by atoms with Crippen LogP contribution >= 0.6 is 23.2 Å². The first-order chi connectivity index (χ1) is 17.4. The van der Waals surface area contributed by atoms with Crippen molar-refractivity contribution in [3.63, 3.8) is 0 Å². The van der Waals surface area contributed by atoms with Crippen molar-refractivity contribution in [3.05, 3.63) is 93.7 Å². The number of rotatable bonds is 9. The number of aromatic hydroxyl groups is 1. The van der Waals surface area contributed by atoms with Crippen LogP contribution in [0.15, 0.2) is 71.3 Å². The highest BCUT2D eigenvalue weighted by molar-refractivity contribution is 6.39. The Morgan fingerprint density at radius 2 is 1.61 bits per heavy atom. The van der Waals surface area contributed by atoms with Crippen molar-refractivity contribution < 1.29 is 14.4 Å². The van der Waals surface area contributed by atoms with Gasteiger partial charge in [0.15, 0.2) is 5.76 Å². The van der Waals surface area contributed by atoms with Crippen LogP contribution in [0, 0.1) is 0 Å². The van der Waals surface area contributed by atoms with Gasteiger partial charge in [-0.1, -0.05) is 52.6 Å². The molecule has 0 saturated carbocycles. The third-order valence-corrected chi connectivity index (χ3v) is 6.69. The van der Waals surface area contributed by atoms with Gasteiger partial charge in [-0.2, -0.15) is 0 Å². The van der Waals surface area contributed by atoms with Crippen molar-refractivity contribution in [3.8, 4) is 17.0 Å². The normalized spacial score (nSPS) is 10.9. The molecule has 0 aliphatic heterocycles. The number of phenols is 1. The molecule has 1 heterocycles. The summed E-state index contributed by atoms with van der Waals surface area (Å²) in [5, 5.41) is 18.0. The Morgan fingerprint density at radius 1 is 0.944 bits per heavy atom. The molecule has 186 valence electrons. The van der Waals surface area contributed by atoms with Gasteiger partial charge in [-0.05, 0) is 68.3 Å². The van der Waals surface area contributed by atoms with E-state index in [9.17, 15) is 9.90 Å². The Hall–Kier alpha value is -3.48. The summed E-state index contributed by atoms with van der Waals surface area (Å²) in [7, 11) is 0. The molecule has 0 saturated heterocycles. The van der Waals surface area contributed by atoms with Crippen molar-refractivity contribution in [1.82, 2.24) is 5.16 Å². The number of amides is 1. The van der Waals surface area contributed by atoms with Crippen LogP contribution in [0.1, 0.15) is 35.5 Å². The number of nitrogens with zero attached hydrogens (tertiary/aromatic N) is 2. The quantitative estimate of drug-likeness (QED) is 0.241. The van der Waals surface area contributed by atoms with Crippen molar-refractivity contribution >= 4 is 40.5 Å². The number of aryl methyl sites for hydroxylation is 2. The van der Waals surface area contributed by atoms with Gasteiger partial charge in [-0.25, -0.2) is 0 Å². The van der Waals surface area contributed by atoms with E-state index in [4.69, 9.17) is 27.7 Å². The van der Waals surface area contributed by atoms with E-state index in [1.165, 1.54) is 0 Å². The lowest BCUT2D eigenvalue weighted by Crippen LogP contribution is -2.21. The SMILES string of the molecule is CCN(CC)c1ccc(NC(=O)c2c(-c3c(Cl)cccc3Cl)noc2CCc2ccccc2O)cc1. The molecular weight excluding hydrogens is 497 g/mol. The lowest BCUT2D eigenvalue weighted by molar-refractivity contribution is 0.102. The van der Waals surface area contributed by atoms with E-state index in [1.54, 1.807) is 30.3 Å². The topological polar surface area (TPSA) is 78.6 Å². The van der Waals surface area contributed by atoms with E-state index in [2.05, 4.69) is 29.2 Å². The highest BCUT2D eigenvalue weighted by Gasteiger charge is 2.27. The van der Waals surface area contributed by atoms with Crippen LogP contribution < -0.4 is 10.2 Å². The molecule has 0 radical (unpaired) electrons. The highest BCUT2D eigenvalue weighted by Crippen LogP contribution is 2.37. The average Bonchev–Trinajstić information content (AvgIpc) is 3.29. The summed E-state index contributed by atoms with van der Waals surface area (Å²) < 4.78 is 5.64. The molecular formula is C28H27Cl2N3O3. The van der Waals surface area contributed by atoms with Crippen LogP contribution in [0.25, 0.3) is 11.3 Å². The van der Waals surface area contributed by atoms with Gasteiger partial charge in [0.1, 0.15) is 17.0 Å². The minimum atomic E-state index is -0.384. The number of hydrogen-bond acceptors (Lipinski definition) is 5. The first-order valence-electron chi connectivity index (χ1n) is 11.8. The molecule has 3 aromatic carbocycles. The van der Waals surface area contributed by atoms with Gasteiger partial charge in [0.25, 0.3) is 5.91 Å². The van der Waals surface area contributed by atoms with Crippen LogP contribution in [-0.4, -0.2) is 29.3 Å². The fraction of sp³-hybridized carbons (Fsp3) is 0.214. The summed E-state index contributed by atoms with van der Waals surface area (Å²) in [6.07, 6.45) is 0.798. The monoisotopic (exact) mass is 523 g/mol. The number of halogens is 2. The average molecular weight is 524 g/mol. The number of nitrogens with one attached hydrogen (secondary N) is 1. The maximum Gasteiger partial charge on any atom is 0.261 e. The highest BCUT2D eigenvalue weighted by atomic mass is 35.5. The predicted molar refractivity (Wildman–Crippen MR) is 145 cm³/mol. The third-order valence-electron chi connectivity index (χ3n) is 6.06. The van der Waals surface area contributed by atoms with E-state index < -0.39 is 0 Å². The van der Waals surface area contributed by atoms with Crippen LogP contribution in [0.2, 0.25) is 10.0 Å². The molecule has 4 rings (SSSR count). The standard InChI is InChI=1S/C28H27Cl2N3O3/c1-3-33(4-2)20-15-13-19(14-16-20)31-28(35)26-24(17-12-18-8-5-6-11-23(18)34)36-32-27(26)25-21(29)9-7-10-22(25)30/h5-11,13-16,34H,3-4,12,17H2,1-2H3,(H,31,35). The van der Waals surface area contributed by atoms with Crippen LogP contribution in [0.3, 0.4) is 0 Å². The fourth-order valence-electron chi connectivity index (χ4n) is 4.13. The molecule has 0 spiro atoms. The number of carbonyl (C=O) groups excluding carboxylic acids is 1. The minimum absolute atomic E-state index is 0.186. The third kappa shape index (κ3) is 5.50. The van der Waals surface area contributed by atoms with Crippen LogP contribution in [0.5, 0.6) is 5.75 Å². The molecule has 0 atom stereocenters. The summed E-state index contributed by atoms with van der Waals surface area (Å²) in [6, 6.07) is 19.8. The number of benzene rings is 3. The second kappa shape index (κ2) is 11.5. The Bertz CT molecular complexity index is 1330. The van der Waals surface area contributed by atoms with Gasteiger partial charge < -0.3 is 19.8 Å². The van der Waals surface area contributed by atoms with E-state index in [0.717, 1.165) is 24.3 Å². The lowest BCUT2D eigenvalue weighted by Gasteiger charge is -2.21. The van der Waals surface area contributed by atoms with Crippen molar-refractivity contribution in [1.29, 1.82) is 0 Å². The molecule has 8 heteroatoms. The number of phenolic OH excluding ortho intramolecular Hbond substituents is 1. The Labute approximate surface area is 220 Å². The van der Waals surface area contributed by atoms with E-state index in [0.29, 0.717) is 39.9 Å². The summed E-state index contributed by atoms with van der Waals surface area (Å²) in [6.45, 7) is 5.99. The Balaban J connectivity index is 1.67. The zero-order valence-electron chi connectivity index (χ0n) is 20.1. The number of para-hydroxylation sites is 1. The maximum absolute atomic E-state index is 13.6. The van der Waals surface area contributed by atoms with Crippen LogP contribution in [0.4, 0.5) is 11.4 Å². The molecule has 4 aromatic rings. The molecule has 0 unspecified atom stereocenters. The molecule has 0 bridgehead atoms. The van der Waals surface area contributed by atoms with Crippen molar-refractivity contribution in [2.24, 2.45) is 0 Å². The van der Waals surface area contributed by atoms with Crippen LogP contribution in [-0.2, 0) is 12.8 Å². The predicted octanol–water partition coefficient (Wildman–Crippen LogP) is 7.24. The lowest BCUT2D eigenvalue weighted by atomic mass is 10.0. The molecule has 0 aliphatic rings. The summed E-state index contributed by atoms with van der Waals surface area (Å²) in [4.78, 5) is 15.8. The largest absolute Gasteiger partial charge is 0.508 e. The van der Waals surface area contributed by atoms with Gasteiger partial charge >= 0.3 is 0 Å². The number of aromatic nitrogens is 1. The molecule has 36 heavy (non-hydrogen) atoms. The molecule has 1 amide bonds.